The van der Waals surface area contributed by atoms with Crippen LogP contribution in [0.2, 0.25) is 0 Å². The number of benzene rings is 3. The Balaban J connectivity index is 1.73. The molecule has 0 radical (unpaired) electrons. The summed E-state index contributed by atoms with van der Waals surface area (Å²) in [5, 5.41) is 10.9. The van der Waals surface area contributed by atoms with E-state index in [4.69, 9.17) is 14.5 Å². The van der Waals surface area contributed by atoms with Crippen molar-refractivity contribution in [1.82, 2.24) is 0 Å². The van der Waals surface area contributed by atoms with Crippen LogP contribution < -0.4 is 9.47 Å². The highest BCUT2D eigenvalue weighted by molar-refractivity contribution is 6.03. The van der Waals surface area contributed by atoms with E-state index < -0.39 is 4.92 Å². The molecule has 1 heterocycles. The zero-order valence-electron chi connectivity index (χ0n) is 15.2. The third-order valence-corrected chi connectivity index (χ3v) is 4.67. The van der Waals surface area contributed by atoms with Gasteiger partial charge in [0.15, 0.2) is 0 Å². The maximum atomic E-state index is 10.9. The molecule has 0 spiro atoms. The molecule has 0 bridgehead atoms. The first kappa shape index (κ1) is 17.7. The van der Waals surface area contributed by atoms with Crippen molar-refractivity contribution in [3.63, 3.8) is 0 Å². The number of aliphatic imine (C=N–C) groups is 1. The molecule has 3 aromatic rings. The Morgan fingerprint density at radius 3 is 2.43 bits per heavy atom. The monoisotopic (exact) mass is 374 g/mol. The van der Waals surface area contributed by atoms with Gasteiger partial charge in [0, 0.05) is 18.6 Å². The number of hydrogen-bond donors (Lipinski definition) is 0. The van der Waals surface area contributed by atoms with Gasteiger partial charge in [-0.1, -0.05) is 12.1 Å². The van der Waals surface area contributed by atoms with Gasteiger partial charge in [0.05, 0.1) is 17.7 Å². The van der Waals surface area contributed by atoms with E-state index in [-0.39, 0.29) is 11.8 Å². The van der Waals surface area contributed by atoms with Crippen LogP contribution in [0.15, 0.2) is 77.8 Å². The van der Waals surface area contributed by atoms with E-state index in [1.165, 1.54) is 12.1 Å². The fourth-order valence-electron chi connectivity index (χ4n) is 3.17. The molecule has 140 valence electrons. The number of nitro benzene ring substituents is 1. The van der Waals surface area contributed by atoms with E-state index >= 15 is 0 Å². The largest absolute Gasteiger partial charge is 0.497 e. The average molecular weight is 374 g/mol. The van der Waals surface area contributed by atoms with Crippen molar-refractivity contribution in [1.29, 1.82) is 0 Å². The molecule has 6 nitrogen and oxygen atoms in total. The number of para-hydroxylation sites is 2. The fraction of sp³-hybridized carbons (Fsp3) is 0.136. The van der Waals surface area contributed by atoms with Gasteiger partial charge in [-0.05, 0) is 59.7 Å². The number of nitro groups is 1. The zero-order chi connectivity index (χ0) is 19.5. The molecular formula is C22H18N2O4. The van der Waals surface area contributed by atoms with Crippen molar-refractivity contribution in [2.45, 2.75) is 12.5 Å². The SMILES string of the molecule is COc1ccc(C2=Nc3ccccc3OC(c3ccc([N+](=O)[O-])cc3)C2)cc1. The molecule has 1 unspecified atom stereocenters. The van der Waals surface area contributed by atoms with E-state index in [0.717, 1.165) is 28.3 Å². The van der Waals surface area contributed by atoms with Crippen LogP contribution >= 0.6 is 0 Å². The Hall–Kier alpha value is -3.67. The molecule has 4 rings (SSSR count). The maximum Gasteiger partial charge on any atom is 0.269 e. The van der Waals surface area contributed by atoms with Gasteiger partial charge >= 0.3 is 0 Å². The second-order valence-electron chi connectivity index (χ2n) is 6.41. The summed E-state index contributed by atoms with van der Waals surface area (Å²) in [6.07, 6.45) is 0.240. The highest BCUT2D eigenvalue weighted by Crippen LogP contribution is 2.37. The summed E-state index contributed by atoms with van der Waals surface area (Å²) in [6.45, 7) is 0. The normalized spacial score (nSPS) is 15.6. The number of nitrogens with zero attached hydrogens (tertiary/aromatic N) is 2. The molecular weight excluding hydrogens is 356 g/mol. The first-order chi connectivity index (χ1) is 13.6. The van der Waals surface area contributed by atoms with E-state index in [9.17, 15) is 10.1 Å². The van der Waals surface area contributed by atoms with Crippen molar-refractivity contribution in [3.8, 4) is 11.5 Å². The second-order valence-corrected chi connectivity index (χ2v) is 6.41. The quantitative estimate of drug-likeness (QED) is 0.462. The van der Waals surface area contributed by atoms with Crippen LogP contribution in [0.3, 0.4) is 0 Å². The lowest BCUT2D eigenvalue weighted by Crippen LogP contribution is -2.12. The van der Waals surface area contributed by atoms with Gasteiger partial charge in [0.25, 0.3) is 5.69 Å². The second kappa shape index (κ2) is 7.52. The molecule has 3 aromatic carbocycles. The number of rotatable bonds is 4. The molecule has 0 aromatic heterocycles. The van der Waals surface area contributed by atoms with Crippen LogP contribution in [0.1, 0.15) is 23.7 Å². The number of hydrogen-bond acceptors (Lipinski definition) is 5. The van der Waals surface area contributed by atoms with E-state index in [1.807, 2.05) is 48.5 Å². The third kappa shape index (κ3) is 3.57. The summed E-state index contributed by atoms with van der Waals surface area (Å²) in [5.41, 5.74) is 3.55. The fourth-order valence-corrected chi connectivity index (χ4v) is 3.17. The molecule has 0 amide bonds. The molecule has 1 aliphatic rings. The van der Waals surface area contributed by atoms with Crippen LogP contribution in [-0.4, -0.2) is 17.7 Å². The first-order valence-corrected chi connectivity index (χ1v) is 8.86. The topological polar surface area (TPSA) is 74.0 Å². The summed E-state index contributed by atoms with van der Waals surface area (Å²) in [6, 6.07) is 21.8. The summed E-state index contributed by atoms with van der Waals surface area (Å²) in [7, 11) is 1.63. The minimum Gasteiger partial charge on any atom is -0.497 e. The standard InChI is InChI=1S/C22H18N2O4/c1-27-18-12-8-15(9-13-18)20-14-22(16-6-10-17(11-7-16)24(25)26)28-21-5-3-2-4-19(21)23-20/h2-13,22H,14H2,1H3. The Bertz CT molecular complexity index is 1030. The van der Waals surface area contributed by atoms with Crippen LogP contribution in [0, 0.1) is 10.1 Å². The van der Waals surface area contributed by atoms with E-state index in [1.54, 1.807) is 19.2 Å². The minimum atomic E-state index is -0.405. The Morgan fingerprint density at radius 1 is 1.04 bits per heavy atom. The number of non-ortho nitro benzene ring substituents is 1. The Morgan fingerprint density at radius 2 is 1.75 bits per heavy atom. The van der Waals surface area contributed by atoms with Crippen LogP contribution in [0.25, 0.3) is 0 Å². The molecule has 0 fully saturated rings. The van der Waals surface area contributed by atoms with Gasteiger partial charge in [-0.3, -0.25) is 10.1 Å². The zero-order valence-corrected chi connectivity index (χ0v) is 15.2. The number of methoxy groups -OCH3 is 1. The maximum absolute atomic E-state index is 10.9. The predicted octanol–water partition coefficient (Wildman–Crippen LogP) is 5.25. The van der Waals surface area contributed by atoms with Crippen molar-refractivity contribution in [2.75, 3.05) is 7.11 Å². The van der Waals surface area contributed by atoms with Gasteiger partial charge in [0.2, 0.25) is 0 Å². The van der Waals surface area contributed by atoms with Crippen molar-refractivity contribution < 1.29 is 14.4 Å². The first-order valence-electron chi connectivity index (χ1n) is 8.86. The van der Waals surface area contributed by atoms with Gasteiger partial charge < -0.3 is 9.47 Å². The molecule has 28 heavy (non-hydrogen) atoms. The van der Waals surface area contributed by atoms with E-state index in [0.29, 0.717) is 12.2 Å². The summed E-state index contributed by atoms with van der Waals surface area (Å²) in [5.74, 6) is 1.47. The van der Waals surface area contributed by atoms with Crippen molar-refractivity contribution in [3.05, 3.63) is 94.0 Å². The molecule has 0 saturated carbocycles. The van der Waals surface area contributed by atoms with Crippen LogP contribution in [0.5, 0.6) is 11.5 Å². The number of ether oxygens (including phenoxy) is 2. The summed E-state index contributed by atoms with van der Waals surface area (Å²) in [4.78, 5) is 15.4. The van der Waals surface area contributed by atoms with E-state index in [2.05, 4.69) is 0 Å². The molecule has 6 heteroatoms. The van der Waals surface area contributed by atoms with Gasteiger partial charge in [-0.25, -0.2) is 4.99 Å². The summed E-state index contributed by atoms with van der Waals surface area (Å²) >= 11 is 0. The minimum absolute atomic E-state index is 0.0572. The average Bonchev–Trinajstić information content (AvgIpc) is 2.93. The highest BCUT2D eigenvalue weighted by Gasteiger charge is 2.23. The molecule has 1 aliphatic heterocycles. The van der Waals surface area contributed by atoms with Crippen LogP contribution in [-0.2, 0) is 0 Å². The number of fused-ring (bicyclic) bond motifs is 1. The van der Waals surface area contributed by atoms with Crippen molar-refractivity contribution >= 4 is 17.1 Å². The lowest BCUT2D eigenvalue weighted by molar-refractivity contribution is -0.384. The molecule has 0 aliphatic carbocycles. The van der Waals surface area contributed by atoms with Gasteiger partial charge in [0.1, 0.15) is 23.3 Å². The third-order valence-electron chi connectivity index (χ3n) is 4.67. The lowest BCUT2D eigenvalue weighted by atomic mass is 9.99. The van der Waals surface area contributed by atoms with Gasteiger partial charge in [-0.15, -0.1) is 0 Å². The summed E-state index contributed by atoms with van der Waals surface area (Å²) < 4.78 is 11.5. The van der Waals surface area contributed by atoms with Crippen molar-refractivity contribution in [2.24, 2.45) is 4.99 Å². The molecule has 0 N–H and O–H groups in total. The Labute approximate surface area is 162 Å². The smallest absolute Gasteiger partial charge is 0.269 e. The predicted molar refractivity (Wildman–Crippen MR) is 107 cm³/mol. The molecule has 0 saturated heterocycles. The highest BCUT2D eigenvalue weighted by atomic mass is 16.6. The van der Waals surface area contributed by atoms with Crippen LogP contribution in [0.4, 0.5) is 11.4 Å². The Kier molecular flexibility index (Phi) is 4.76. The molecule has 1 atom stereocenters. The van der Waals surface area contributed by atoms with Gasteiger partial charge in [-0.2, -0.15) is 0 Å². The lowest BCUT2D eigenvalue weighted by Gasteiger charge is -2.18.